The van der Waals surface area contributed by atoms with Crippen molar-refractivity contribution in [2.45, 2.75) is 44.6 Å². The number of amides is 1. The Balaban J connectivity index is 1.43. The van der Waals surface area contributed by atoms with Gasteiger partial charge in [-0.1, -0.05) is 19.3 Å². The van der Waals surface area contributed by atoms with Crippen LogP contribution in [0.4, 0.5) is 5.82 Å². The maximum absolute atomic E-state index is 11.9. The van der Waals surface area contributed by atoms with Crippen molar-refractivity contribution < 1.29 is 4.79 Å². The molecule has 21 heavy (non-hydrogen) atoms. The number of hydrogen-bond donors (Lipinski definition) is 3. The first kappa shape index (κ1) is 14.4. The van der Waals surface area contributed by atoms with Gasteiger partial charge in [-0.2, -0.15) is 5.10 Å². The first-order valence-corrected chi connectivity index (χ1v) is 8.05. The summed E-state index contributed by atoms with van der Waals surface area (Å²) in [7, 11) is 0. The smallest absolute Gasteiger partial charge is 0.269 e. The fraction of sp³-hybridized carbons (Fsp3) is 0.733. The van der Waals surface area contributed by atoms with E-state index in [-0.39, 0.29) is 5.91 Å². The number of carbonyl (C=O) groups excluding carboxylic acids is 1. The van der Waals surface area contributed by atoms with E-state index in [0.29, 0.717) is 17.4 Å². The lowest BCUT2D eigenvalue weighted by molar-refractivity contribution is 0.0941. The Hall–Kier alpha value is -1.56. The van der Waals surface area contributed by atoms with Gasteiger partial charge in [0.15, 0.2) is 0 Å². The molecule has 3 rings (SSSR count). The Bertz CT molecular complexity index is 480. The van der Waals surface area contributed by atoms with E-state index in [1.165, 1.54) is 45.1 Å². The molecule has 6 nitrogen and oxygen atoms in total. The molecule has 1 aromatic rings. The van der Waals surface area contributed by atoms with E-state index in [0.717, 1.165) is 19.1 Å². The Morgan fingerprint density at radius 3 is 2.90 bits per heavy atom. The largest absolute Gasteiger partial charge is 0.382 e. The predicted octanol–water partition coefficient (Wildman–Crippen LogP) is 1.38. The summed E-state index contributed by atoms with van der Waals surface area (Å²) in [6, 6.07) is 2.35. The molecule has 0 aromatic carbocycles. The van der Waals surface area contributed by atoms with Gasteiger partial charge in [0.1, 0.15) is 11.5 Å². The van der Waals surface area contributed by atoms with Crippen molar-refractivity contribution in [2.75, 3.05) is 25.4 Å². The molecule has 6 heteroatoms. The van der Waals surface area contributed by atoms with Crippen LogP contribution in [0, 0.1) is 5.92 Å². The summed E-state index contributed by atoms with van der Waals surface area (Å²) in [4.78, 5) is 14.6. The summed E-state index contributed by atoms with van der Waals surface area (Å²) in [6.07, 6.45) is 8.05. The second-order valence-electron chi connectivity index (χ2n) is 6.36. The van der Waals surface area contributed by atoms with Gasteiger partial charge < -0.3 is 16.0 Å². The molecule has 1 aromatic heterocycles. The molecule has 116 valence electrons. The summed E-state index contributed by atoms with van der Waals surface area (Å²) in [6.45, 7) is 3.04. The zero-order valence-electron chi connectivity index (χ0n) is 12.5. The number of hydrogen-bond acceptors (Lipinski definition) is 4. The van der Waals surface area contributed by atoms with E-state index < -0.39 is 0 Å². The van der Waals surface area contributed by atoms with Crippen molar-refractivity contribution in [1.82, 2.24) is 20.4 Å². The van der Waals surface area contributed by atoms with Gasteiger partial charge in [-0.3, -0.25) is 9.89 Å². The number of likely N-dealkylation sites (tertiary alicyclic amines) is 1. The van der Waals surface area contributed by atoms with Crippen molar-refractivity contribution in [3.05, 3.63) is 11.8 Å². The second kappa shape index (κ2) is 6.47. The third-order valence-electron chi connectivity index (χ3n) is 4.80. The normalized spacial score (nSPS) is 24.3. The zero-order chi connectivity index (χ0) is 14.7. The number of nitrogens with zero attached hydrogens (tertiary/aromatic N) is 2. The molecule has 0 spiro atoms. The minimum Gasteiger partial charge on any atom is -0.382 e. The molecule has 1 atom stereocenters. The van der Waals surface area contributed by atoms with Crippen LogP contribution in [-0.2, 0) is 0 Å². The molecular formula is C15H25N5O. The van der Waals surface area contributed by atoms with Crippen molar-refractivity contribution in [1.29, 1.82) is 0 Å². The number of nitrogen functional groups attached to an aromatic ring is 1. The molecule has 0 radical (unpaired) electrons. The standard InChI is InChI=1S/C15H25N5O/c16-14-8-13(18-19-14)15(21)17-9-11-6-7-20(10-11)12-4-2-1-3-5-12/h8,11-12H,1-7,9-10H2,(H,17,21)(H3,16,18,19)/t11-/m1/s1. The first-order valence-electron chi connectivity index (χ1n) is 8.05. The number of anilines is 1. The highest BCUT2D eigenvalue weighted by atomic mass is 16.1. The Kier molecular flexibility index (Phi) is 4.43. The molecule has 2 fully saturated rings. The van der Waals surface area contributed by atoms with Crippen LogP contribution in [0.1, 0.15) is 49.0 Å². The van der Waals surface area contributed by atoms with Gasteiger partial charge in [-0.25, -0.2) is 0 Å². The van der Waals surface area contributed by atoms with Crippen LogP contribution in [0.2, 0.25) is 0 Å². The molecule has 1 saturated heterocycles. The van der Waals surface area contributed by atoms with Gasteiger partial charge in [0.25, 0.3) is 5.91 Å². The van der Waals surface area contributed by atoms with Gasteiger partial charge in [0, 0.05) is 25.2 Å². The van der Waals surface area contributed by atoms with E-state index in [1.807, 2.05) is 0 Å². The van der Waals surface area contributed by atoms with Gasteiger partial charge in [0.2, 0.25) is 0 Å². The zero-order valence-corrected chi connectivity index (χ0v) is 12.5. The van der Waals surface area contributed by atoms with Gasteiger partial charge >= 0.3 is 0 Å². The molecule has 2 aliphatic rings. The third kappa shape index (κ3) is 3.56. The summed E-state index contributed by atoms with van der Waals surface area (Å²) in [5, 5.41) is 9.40. The lowest BCUT2D eigenvalue weighted by atomic mass is 9.94. The summed E-state index contributed by atoms with van der Waals surface area (Å²) in [5.74, 6) is 0.802. The minimum absolute atomic E-state index is 0.115. The third-order valence-corrected chi connectivity index (χ3v) is 4.80. The Labute approximate surface area is 125 Å². The fourth-order valence-corrected chi connectivity index (χ4v) is 3.59. The van der Waals surface area contributed by atoms with Crippen LogP contribution in [0.5, 0.6) is 0 Å². The molecule has 1 saturated carbocycles. The molecule has 4 N–H and O–H groups in total. The number of aromatic nitrogens is 2. The number of carbonyl (C=O) groups is 1. The monoisotopic (exact) mass is 291 g/mol. The molecule has 1 amide bonds. The number of aromatic amines is 1. The highest BCUT2D eigenvalue weighted by Crippen LogP contribution is 2.27. The van der Waals surface area contributed by atoms with E-state index >= 15 is 0 Å². The lowest BCUT2D eigenvalue weighted by Gasteiger charge is -2.31. The second-order valence-corrected chi connectivity index (χ2v) is 6.36. The Morgan fingerprint density at radius 1 is 1.38 bits per heavy atom. The van der Waals surface area contributed by atoms with E-state index in [2.05, 4.69) is 20.4 Å². The van der Waals surface area contributed by atoms with E-state index in [9.17, 15) is 4.79 Å². The summed E-state index contributed by atoms with van der Waals surface area (Å²) < 4.78 is 0. The summed E-state index contributed by atoms with van der Waals surface area (Å²) in [5.41, 5.74) is 5.95. The number of nitrogens with one attached hydrogen (secondary N) is 2. The van der Waals surface area contributed by atoms with Crippen molar-refractivity contribution in [3.8, 4) is 0 Å². The van der Waals surface area contributed by atoms with Gasteiger partial charge in [-0.15, -0.1) is 0 Å². The van der Waals surface area contributed by atoms with E-state index in [4.69, 9.17) is 5.73 Å². The lowest BCUT2D eigenvalue weighted by Crippen LogP contribution is -2.36. The first-order chi connectivity index (χ1) is 10.2. The number of H-pyrrole nitrogens is 1. The van der Waals surface area contributed by atoms with Crippen LogP contribution in [-0.4, -0.2) is 46.7 Å². The quantitative estimate of drug-likeness (QED) is 0.782. The summed E-state index contributed by atoms with van der Waals surface area (Å²) >= 11 is 0. The van der Waals surface area contributed by atoms with Crippen LogP contribution in [0.15, 0.2) is 6.07 Å². The maximum atomic E-state index is 11.9. The highest BCUT2D eigenvalue weighted by Gasteiger charge is 2.29. The SMILES string of the molecule is Nc1cc(C(=O)NC[C@H]2CCN(C3CCCCC3)C2)[nH]n1. The Morgan fingerprint density at radius 2 is 2.19 bits per heavy atom. The average Bonchev–Trinajstić information content (AvgIpc) is 3.15. The van der Waals surface area contributed by atoms with Crippen LogP contribution in [0.25, 0.3) is 0 Å². The number of nitrogens with two attached hydrogens (primary N) is 1. The average molecular weight is 291 g/mol. The molecular weight excluding hydrogens is 266 g/mol. The van der Waals surface area contributed by atoms with Gasteiger partial charge in [0.05, 0.1) is 0 Å². The van der Waals surface area contributed by atoms with Crippen LogP contribution in [0.3, 0.4) is 0 Å². The molecule has 1 aliphatic heterocycles. The number of rotatable bonds is 4. The van der Waals surface area contributed by atoms with Crippen LogP contribution >= 0.6 is 0 Å². The fourth-order valence-electron chi connectivity index (χ4n) is 3.59. The predicted molar refractivity (Wildman–Crippen MR) is 81.9 cm³/mol. The highest BCUT2D eigenvalue weighted by molar-refractivity contribution is 5.92. The van der Waals surface area contributed by atoms with Crippen molar-refractivity contribution in [2.24, 2.45) is 5.92 Å². The van der Waals surface area contributed by atoms with E-state index in [1.54, 1.807) is 6.07 Å². The van der Waals surface area contributed by atoms with Crippen molar-refractivity contribution in [3.63, 3.8) is 0 Å². The molecule has 2 heterocycles. The van der Waals surface area contributed by atoms with Gasteiger partial charge in [-0.05, 0) is 31.7 Å². The minimum atomic E-state index is -0.115. The molecule has 0 unspecified atom stereocenters. The topological polar surface area (TPSA) is 87.0 Å². The van der Waals surface area contributed by atoms with Crippen molar-refractivity contribution >= 4 is 11.7 Å². The molecule has 1 aliphatic carbocycles. The maximum Gasteiger partial charge on any atom is 0.269 e. The van der Waals surface area contributed by atoms with Crippen LogP contribution < -0.4 is 11.1 Å². The molecule has 0 bridgehead atoms.